The molecule has 0 unspecified atom stereocenters. The number of benzene rings is 1. The van der Waals surface area contributed by atoms with E-state index < -0.39 is 0 Å². The maximum atomic E-state index is 11.9. The molecule has 0 aliphatic carbocycles. The van der Waals surface area contributed by atoms with Crippen molar-refractivity contribution in [1.82, 2.24) is 10.3 Å². The van der Waals surface area contributed by atoms with Crippen molar-refractivity contribution in [3.63, 3.8) is 0 Å². The first-order chi connectivity index (χ1) is 9.65. The summed E-state index contributed by atoms with van der Waals surface area (Å²) in [7, 11) is 0. The maximum absolute atomic E-state index is 11.9. The molecule has 3 heteroatoms. The second-order valence-electron chi connectivity index (χ2n) is 5.21. The quantitative estimate of drug-likeness (QED) is 0.905. The van der Waals surface area contributed by atoms with Gasteiger partial charge in [0.2, 0.25) is 5.91 Å². The van der Waals surface area contributed by atoms with Crippen LogP contribution < -0.4 is 5.32 Å². The van der Waals surface area contributed by atoms with Crippen LogP contribution >= 0.6 is 0 Å². The largest absolute Gasteiger partial charge is 0.352 e. The van der Waals surface area contributed by atoms with Gasteiger partial charge in [-0.05, 0) is 34.7 Å². The first-order valence-corrected chi connectivity index (χ1v) is 6.89. The molecule has 1 aromatic heterocycles. The fourth-order valence-corrected chi connectivity index (χ4v) is 1.97. The van der Waals surface area contributed by atoms with Crippen molar-refractivity contribution in [3.8, 4) is 0 Å². The van der Waals surface area contributed by atoms with E-state index in [1.807, 2.05) is 24.3 Å². The average Bonchev–Trinajstić information content (AvgIpc) is 2.47. The van der Waals surface area contributed by atoms with Crippen LogP contribution in [-0.2, 0) is 17.8 Å². The van der Waals surface area contributed by atoms with E-state index in [1.165, 1.54) is 5.56 Å². The second kappa shape index (κ2) is 6.85. The Balaban J connectivity index is 1.85. The van der Waals surface area contributed by atoms with Gasteiger partial charge in [0.25, 0.3) is 0 Å². The number of carbonyl (C=O) groups excluding carboxylic acids is 1. The van der Waals surface area contributed by atoms with Gasteiger partial charge in [-0.1, -0.05) is 38.1 Å². The topological polar surface area (TPSA) is 42.0 Å². The molecule has 1 N–H and O–H groups in total. The maximum Gasteiger partial charge on any atom is 0.224 e. The lowest BCUT2D eigenvalue weighted by atomic mass is 10.0. The highest BCUT2D eigenvalue weighted by molar-refractivity contribution is 5.78. The summed E-state index contributed by atoms with van der Waals surface area (Å²) < 4.78 is 0. The van der Waals surface area contributed by atoms with Gasteiger partial charge in [0, 0.05) is 18.9 Å². The lowest BCUT2D eigenvalue weighted by Crippen LogP contribution is -2.24. The highest BCUT2D eigenvalue weighted by Gasteiger charge is 2.04. The Labute approximate surface area is 120 Å². The molecular formula is C17H20N2O. The third-order valence-electron chi connectivity index (χ3n) is 3.25. The number of carbonyl (C=O) groups is 1. The number of amides is 1. The summed E-state index contributed by atoms with van der Waals surface area (Å²) >= 11 is 0. The Morgan fingerprint density at radius 3 is 2.30 bits per heavy atom. The van der Waals surface area contributed by atoms with Crippen molar-refractivity contribution in [2.24, 2.45) is 0 Å². The van der Waals surface area contributed by atoms with Crippen molar-refractivity contribution in [2.45, 2.75) is 32.7 Å². The van der Waals surface area contributed by atoms with Crippen molar-refractivity contribution in [3.05, 3.63) is 65.5 Å². The number of rotatable bonds is 5. The predicted molar refractivity (Wildman–Crippen MR) is 80.3 cm³/mol. The molecule has 2 rings (SSSR count). The van der Waals surface area contributed by atoms with Gasteiger partial charge < -0.3 is 5.32 Å². The molecule has 0 aliphatic rings. The highest BCUT2D eigenvalue weighted by Crippen LogP contribution is 2.14. The van der Waals surface area contributed by atoms with E-state index in [-0.39, 0.29) is 5.91 Å². The Morgan fingerprint density at radius 1 is 1.05 bits per heavy atom. The number of nitrogens with one attached hydrogen (secondary N) is 1. The SMILES string of the molecule is CC(C)c1ccc(CC(=O)NCc2ccncc2)cc1. The summed E-state index contributed by atoms with van der Waals surface area (Å²) in [6.07, 6.45) is 3.88. The lowest BCUT2D eigenvalue weighted by Gasteiger charge is -2.08. The number of hydrogen-bond acceptors (Lipinski definition) is 2. The first-order valence-electron chi connectivity index (χ1n) is 6.89. The van der Waals surface area contributed by atoms with Crippen LogP contribution in [0.25, 0.3) is 0 Å². The van der Waals surface area contributed by atoms with E-state index >= 15 is 0 Å². The van der Waals surface area contributed by atoms with Gasteiger partial charge in [0.05, 0.1) is 6.42 Å². The van der Waals surface area contributed by atoms with Crippen LogP contribution in [0.5, 0.6) is 0 Å². The van der Waals surface area contributed by atoms with Crippen LogP contribution in [0.3, 0.4) is 0 Å². The molecule has 0 atom stereocenters. The molecule has 20 heavy (non-hydrogen) atoms. The van der Waals surface area contributed by atoms with Gasteiger partial charge in [-0.15, -0.1) is 0 Å². The molecule has 1 aromatic carbocycles. The molecule has 1 heterocycles. The monoisotopic (exact) mass is 268 g/mol. The van der Waals surface area contributed by atoms with E-state index in [2.05, 4.69) is 36.3 Å². The summed E-state index contributed by atoms with van der Waals surface area (Å²) in [6, 6.07) is 12.0. The summed E-state index contributed by atoms with van der Waals surface area (Å²) in [4.78, 5) is 15.8. The van der Waals surface area contributed by atoms with Crippen molar-refractivity contribution >= 4 is 5.91 Å². The highest BCUT2D eigenvalue weighted by atomic mass is 16.1. The van der Waals surface area contributed by atoms with E-state index in [0.29, 0.717) is 18.9 Å². The van der Waals surface area contributed by atoms with Crippen LogP contribution in [0.4, 0.5) is 0 Å². The molecule has 3 nitrogen and oxygen atoms in total. The molecule has 0 bridgehead atoms. The van der Waals surface area contributed by atoms with Crippen LogP contribution in [-0.4, -0.2) is 10.9 Å². The Hall–Kier alpha value is -2.16. The lowest BCUT2D eigenvalue weighted by molar-refractivity contribution is -0.120. The first kappa shape index (κ1) is 14.3. The Bertz CT molecular complexity index is 547. The zero-order valence-corrected chi connectivity index (χ0v) is 12.0. The van der Waals surface area contributed by atoms with Crippen molar-refractivity contribution < 1.29 is 4.79 Å². The zero-order chi connectivity index (χ0) is 14.4. The molecule has 0 aliphatic heterocycles. The van der Waals surface area contributed by atoms with Gasteiger partial charge in [0.1, 0.15) is 0 Å². The van der Waals surface area contributed by atoms with E-state index in [4.69, 9.17) is 0 Å². The van der Waals surface area contributed by atoms with Crippen LogP contribution in [0, 0.1) is 0 Å². The number of pyridine rings is 1. The molecule has 0 saturated carbocycles. The number of hydrogen-bond donors (Lipinski definition) is 1. The molecule has 0 spiro atoms. The number of nitrogens with zero attached hydrogens (tertiary/aromatic N) is 1. The molecule has 104 valence electrons. The van der Waals surface area contributed by atoms with Gasteiger partial charge in [0.15, 0.2) is 0 Å². The standard InChI is InChI=1S/C17H20N2O/c1-13(2)16-5-3-14(4-6-16)11-17(20)19-12-15-7-9-18-10-8-15/h3-10,13H,11-12H2,1-2H3,(H,19,20). The third kappa shape index (κ3) is 4.19. The summed E-state index contributed by atoms with van der Waals surface area (Å²) in [5.41, 5.74) is 3.40. The second-order valence-corrected chi connectivity index (χ2v) is 5.21. The van der Waals surface area contributed by atoms with Crippen LogP contribution in [0.1, 0.15) is 36.5 Å². The van der Waals surface area contributed by atoms with E-state index in [9.17, 15) is 4.79 Å². The van der Waals surface area contributed by atoms with Crippen LogP contribution in [0.2, 0.25) is 0 Å². The summed E-state index contributed by atoms with van der Waals surface area (Å²) in [5, 5.41) is 2.92. The summed E-state index contributed by atoms with van der Waals surface area (Å²) in [6.45, 7) is 4.87. The average molecular weight is 268 g/mol. The fourth-order valence-electron chi connectivity index (χ4n) is 1.97. The summed E-state index contributed by atoms with van der Waals surface area (Å²) in [5.74, 6) is 0.559. The molecule has 1 amide bonds. The van der Waals surface area contributed by atoms with Gasteiger partial charge in [-0.25, -0.2) is 0 Å². The Morgan fingerprint density at radius 2 is 1.70 bits per heavy atom. The molecule has 0 radical (unpaired) electrons. The third-order valence-corrected chi connectivity index (χ3v) is 3.25. The fraction of sp³-hybridized carbons (Fsp3) is 0.294. The van der Waals surface area contributed by atoms with Crippen molar-refractivity contribution in [2.75, 3.05) is 0 Å². The van der Waals surface area contributed by atoms with Gasteiger partial charge in [-0.3, -0.25) is 9.78 Å². The molecular weight excluding hydrogens is 248 g/mol. The number of aromatic nitrogens is 1. The Kier molecular flexibility index (Phi) is 4.88. The van der Waals surface area contributed by atoms with Gasteiger partial charge in [-0.2, -0.15) is 0 Å². The molecule has 0 fully saturated rings. The van der Waals surface area contributed by atoms with E-state index in [1.54, 1.807) is 12.4 Å². The van der Waals surface area contributed by atoms with E-state index in [0.717, 1.165) is 11.1 Å². The minimum absolute atomic E-state index is 0.0408. The van der Waals surface area contributed by atoms with Crippen LogP contribution in [0.15, 0.2) is 48.8 Å². The smallest absolute Gasteiger partial charge is 0.224 e. The molecule has 2 aromatic rings. The minimum atomic E-state index is 0.0408. The minimum Gasteiger partial charge on any atom is -0.352 e. The molecule has 0 saturated heterocycles. The normalized spacial score (nSPS) is 10.6. The predicted octanol–water partition coefficient (Wildman–Crippen LogP) is 3.06. The zero-order valence-electron chi connectivity index (χ0n) is 12.0. The van der Waals surface area contributed by atoms with Crippen molar-refractivity contribution in [1.29, 1.82) is 0 Å². The van der Waals surface area contributed by atoms with Gasteiger partial charge >= 0.3 is 0 Å².